The van der Waals surface area contributed by atoms with Gasteiger partial charge in [-0.1, -0.05) is 0 Å². The number of hydrogen-bond donors (Lipinski definition) is 1. The topological polar surface area (TPSA) is 49.6 Å². The Hall–Kier alpha value is -1.92. The molecule has 1 aliphatic rings. The second-order valence-electron chi connectivity index (χ2n) is 4.13. The second-order valence-corrected chi connectivity index (χ2v) is 4.13. The van der Waals surface area contributed by atoms with Gasteiger partial charge in [0.2, 0.25) is 0 Å². The molecule has 0 unspecified atom stereocenters. The summed E-state index contributed by atoms with van der Waals surface area (Å²) in [5.74, 6) is 0. The highest BCUT2D eigenvalue weighted by Gasteiger charge is 2.33. The van der Waals surface area contributed by atoms with Gasteiger partial charge in [0.25, 0.3) is 0 Å². The van der Waals surface area contributed by atoms with Crippen molar-refractivity contribution in [2.24, 2.45) is 0 Å². The Morgan fingerprint density at radius 2 is 1.94 bits per heavy atom. The second kappa shape index (κ2) is 4.08. The van der Waals surface area contributed by atoms with Gasteiger partial charge in [-0.15, -0.1) is 0 Å². The van der Waals surface area contributed by atoms with Gasteiger partial charge in [-0.05, 0) is 18.2 Å². The van der Waals surface area contributed by atoms with E-state index in [1.165, 1.54) is 15.9 Å². The lowest BCUT2D eigenvalue weighted by molar-refractivity contribution is -0.137. The number of alkyl halides is 3. The molecule has 1 fully saturated rings. The van der Waals surface area contributed by atoms with E-state index >= 15 is 0 Å². The first-order valence-corrected chi connectivity index (χ1v) is 5.30. The van der Waals surface area contributed by atoms with E-state index in [-0.39, 0.29) is 11.7 Å². The maximum atomic E-state index is 12.5. The average Bonchev–Trinajstić information content (AvgIpc) is 2.59. The summed E-state index contributed by atoms with van der Waals surface area (Å²) in [5.41, 5.74) is 5.05. The molecule has 1 heterocycles. The van der Waals surface area contributed by atoms with Gasteiger partial charge in [0.1, 0.15) is 0 Å². The van der Waals surface area contributed by atoms with Gasteiger partial charge < -0.3 is 10.6 Å². The van der Waals surface area contributed by atoms with E-state index in [1.54, 1.807) is 7.05 Å². The number of urea groups is 1. The fourth-order valence-electron chi connectivity index (χ4n) is 1.85. The van der Waals surface area contributed by atoms with E-state index < -0.39 is 11.7 Å². The first-order chi connectivity index (χ1) is 8.30. The van der Waals surface area contributed by atoms with Crippen LogP contribution in [0, 0.1) is 0 Å². The van der Waals surface area contributed by atoms with Crippen molar-refractivity contribution in [3.05, 3.63) is 23.8 Å². The number of anilines is 2. The number of halogens is 3. The van der Waals surface area contributed by atoms with Gasteiger partial charge in [0.05, 0.1) is 16.9 Å². The molecule has 0 saturated carbocycles. The van der Waals surface area contributed by atoms with E-state index in [4.69, 9.17) is 5.73 Å². The minimum absolute atomic E-state index is 0.0477. The summed E-state index contributed by atoms with van der Waals surface area (Å²) in [4.78, 5) is 14.6. The molecule has 4 nitrogen and oxygen atoms in total. The number of likely N-dealkylation sites (N-methyl/N-ethyl adjacent to an activating group) is 1. The molecule has 2 rings (SSSR count). The van der Waals surface area contributed by atoms with Crippen molar-refractivity contribution in [1.82, 2.24) is 4.90 Å². The van der Waals surface area contributed by atoms with E-state index in [2.05, 4.69) is 0 Å². The minimum Gasteiger partial charge on any atom is -0.397 e. The van der Waals surface area contributed by atoms with Crippen LogP contribution in [0.5, 0.6) is 0 Å². The van der Waals surface area contributed by atoms with Crippen LogP contribution in [-0.2, 0) is 6.18 Å². The predicted octanol–water partition coefficient (Wildman–Crippen LogP) is 2.16. The Bertz CT molecular complexity index is 487. The number of nitrogens with two attached hydrogens (primary N) is 1. The van der Waals surface area contributed by atoms with Crippen molar-refractivity contribution < 1.29 is 18.0 Å². The van der Waals surface area contributed by atoms with E-state index in [9.17, 15) is 18.0 Å². The number of hydrogen-bond acceptors (Lipinski definition) is 2. The quantitative estimate of drug-likeness (QED) is 0.786. The number of benzene rings is 1. The van der Waals surface area contributed by atoms with Crippen LogP contribution in [0.1, 0.15) is 5.56 Å². The molecule has 1 aromatic carbocycles. The highest BCUT2D eigenvalue weighted by molar-refractivity contribution is 5.96. The number of amides is 2. The molecular formula is C11H12F3N3O. The molecule has 98 valence electrons. The summed E-state index contributed by atoms with van der Waals surface area (Å²) in [5, 5.41) is 0. The van der Waals surface area contributed by atoms with Crippen LogP contribution in [0.4, 0.5) is 29.3 Å². The summed E-state index contributed by atoms with van der Waals surface area (Å²) in [7, 11) is 1.63. The molecule has 2 N–H and O–H groups in total. The monoisotopic (exact) mass is 259 g/mol. The minimum atomic E-state index is -4.43. The van der Waals surface area contributed by atoms with Gasteiger partial charge in [-0.25, -0.2) is 4.79 Å². The lowest BCUT2D eigenvalue weighted by atomic mass is 10.1. The van der Waals surface area contributed by atoms with Crippen molar-refractivity contribution >= 4 is 17.4 Å². The molecule has 18 heavy (non-hydrogen) atoms. The molecule has 7 heteroatoms. The average molecular weight is 259 g/mol. The van der Waals surface area contributed by atoms with E-state index in [0.717, 1.165) is 12.1 Å². The first kappa shape index (κ1) is 12.5. The Morgan fingerprint density at radius 1 is 1.28 bits per heavy atom. The fraction of sp³-hybridized carbons (Fsp3) is 0.364. The lowest BCUT2D eigenvalue weighted by Gasteiger charge is -2.19. The maximum absolute atomic E-state index is 12.5. The largest absolute Gasteiger partial charge is 0.416 e. The lowest BCUT2D eigenvalue weighted by Crippen LogP contribution is -2.29. The van der Waals surface area contributed by atoms with Gasteiger partial charge in [0, 0.05) is 20.1 Å². The van der Waals surface area contributed by atoms with Crippen LogP contribution in [0.2, 0.25) is 0 Å². The van der Waals surface area contributed by atoms with Crippen LogP contribution in [-0.4, -0.2) is 31.1 Å². The molecule has 1 aromatic rings. The molecule has 0 radical (unpaired) electrons. The Labute approximate surface area is 102 Å². The third-order valence-electron chi connectivity index (χ3n) is 2.86. The van der Waals surface area contributed by atoms with Crippen molar-refractivity contribution in [2.45, 2.75) is 6.18 Å². The van der Waals surface area contributed by atoms with Crippen LogP contribution in [0.25, 0.3) is 0 Å². The Kier molecular flexibility index (Phi) is 2.84. The van der Waals surface area contributed by atoms with Crippen molar-refractivity contribution in [2.75, 3.05) is 30.8 Å². The molecular weight excluding hydrogens is 247 g/mol. The molecule has 0 aromatic heterocycles. The summed E-state index contributed by atoms with van der Waals surface area (Å²) < 4.78 is 37.4. The molecule has 1 saturated heterocycles. The Morgan fingerprint density at radius 3 is 2.39 bits per heavy atom. The molecule has 0 bridgehead atoms. The number of rotatable bonds is 1. The van der Waals surface area contributed by atoms with E-state index in [0.29, 0.717) is 18.8 Å². The third kappa shape index (κ3) is 2.07. The third-order valence-corrected chi connectivity index (χ3v) is 2.86. The molecule has 0 atom stereocenters. The number of carbonyl (C=O) groups is 1. The van der Waals surface area contributed by atoms with Crippen molar-refractivity contribution in [3.8, 4) is 0 Å². The zero-order valence-electron chi connectivity index (χ0n) is 9.66. The standard InChI is InChI=1S/C11H12F3N3O/c1-16-4-5-17(10(16)18)9-3-2-7(6-8(9)15)11(12,13)14/h2-3,6H,4-5,15H2,1H3. The maximum Gasteiger partial charge on any atom is 0.416 e. The van der Waals surface area contributed by atoms with Gasteiger partial charge >= 0.3 is 12.2 Å². The zero-order chi connectivity index (χ0) is 13.5. The van der Waals surface area contributed by atoms with E-state index in [1.807, 2.05) is 0 Å². The summed E-state index contributed by atoms with van der Waals surface area (Å²) in [6.07, 6.45) is -4.43. The predicted molar refractivity (Wildman–Crippen MR) is 61.2 cm³/mol. The van der Waals surface area contributed by atoms with Crippen LogP contribution >= 0.6 is 0 Å². The summed E-state index contributed by atoms with van der Waals surface area (Å²) >= 11 is 0. The normalized spacial score (nSPS) is 16.6. The number of nitrogen functional groups attached to an aromatic ring is 1. The molecule has 2 amide bonds. The molecule has 0 spiro atoms. The zero-order valence-corrected chi connectivity index (χ0v) is 9.66. The van der Waals surface area contributed by atoms with Crippen molar-refractivity contribution in [1.29, 1.82) is 0 Å². The first-order valence-electron chi connectivity index (χ1n) is 5.30. The molecule has 0 aliphatic carbocycles. The summed E-state index contributed by atoms with van der Waals surface area (Å²) in [6, 6.07) is 2.74. The highest BCUT2D eigenvalue weighted by Crippen LogP contribution is 2.34. The smallest absolute Gasteiger partial charge is 0.397 e. The number of nitrogens with zero attached hydrogens (tertiary/aromatic N) is 2. The molecule has 1 aliphatic heterocycles. The van der Waals surface area contributed by atoms with Gasteiger partial charge in [0.15, 0.2) is 0 Å². The fourth-order valence-corrected chi connectivity index (χ4v) is 1.85. The van der Waals surface area contributed by atoms with Crippen molar-refractivity contribution in [3.63, 3.8) is 0 Å². The highest BCUT2D eigenvalue weighted by atomic mass is 19.4. The van der Waals surface area contributed by atoms with Crippen LogP contribution in [0.15, 0.2) is 18.2 Å². The van der Waals surface area contributed by atoms with Crippen LogP contribution < -0.4 is 10.6 Å². The van der Waals surface area contributed by atoms with Gasteiger partial charge in [-0.2, -0.15) is 13.2 Å². The summed E-state index contributed by atoms with van der Waals surface area (Å²) in [6.45, 7) is 0.949. The van der Waals surface area contributed by atoms with Crippen LogP contribution in [0.3, 0.4) is 0 Å². The SMILES string of the molecule is CN1CCN(c2ccc(C(F)(F)F)cc2N)C1=O. The number of carbonyl (C=O) groups excluding carboxylic acids is 1. The van der Waals surface area contributed by atoms with Gasteiger partial charge in [-0.3, -0.25) is 4.90 Å². The Balaban J connectivity index is 2.34.